The predicted molar refractivity (Wildman–Crippen MR) is 82.9 cm³/mol. The summed E-state index contributed by atoms with van der Waals surface area (Å²) in [6.07, 6.45) is -1.20. The van der Waals surface area contributed by atoms with Crippen molar-refractivity contribution in [2.45, 2.75) is 6.18 Å². The molecule has 0 aliphatic carbocycles. The van der Waals surface area contributed by atoms with Crippen LogP contribution in [0, 0.1) is 0 Å². The second kappa shape index (κ2) is 6.13. The van der Waals surface area contributed by atoms with Crippen molar-refractivity contribution in [1.29, 1.82) is 0 Å². The molecule has 4 nitrogen and oxygen atoms in total. The Kier molecular flexibility index (Phi) is 4.18. The van der Waals surface area contributed by atoms with Crippen LogP contribution in [0.25, 0.3) is 10.6 Å². The Bertz CT molecular complexity index is 820. The van der Waals surface area contributed by atoms with E-state index in [1.165, 1.54) is 17.4 Å². The van der Waals surface area contributed by atoms with E-state index >= 15 is 0 Å². The maximum absolute atomic E-state index is 12.8. The Morgan fingerprint density at radius 2 is 1.78 bits per heavy atom. The normalized spacial score (nSPS) is 11.5. The molecule has 0 spiro atoms. The van der Waals surface area contributed by atoms with Crippen molar-refractivity contribution in [3.05, 3.63) is 53.3 Å². The van der Waals surface area contributed by atoms with Gasteiger partial charge in [-0.1, -0.05) is 22.9 Å². The van der Waals surface area contributed by atoms with Crippen molar-refractivity contribution in [3.8, 4) is 10.6 Å². The average Bonchev–Trinajstić information content (AvgIpc) is 2.98. The van der Waals surface area contributed by atoms with Gasteiger partial charge in [-0.3, -0.25) is 4.98 Å². The van der Waals surface area contributed by atoms with Crippen LogP contribution in [0.5, 0.6) is 0 Å². The van der Waals surface area contributed by atoms with Gasteiger partial charge in [0.05, 0.1) is 16.3 Å². The summed E-state index contributed by atoms with van der Waals surface area (Å²) in [6.45, 7) is 0. The first-order valence-electron chi connectivity index (χ1n) is 6.31. The molecule has 0 fully saturated rings. The molecule has 2 aromatic heterocycles. The largest absolute Gasteiger partial charge is 0.416 e. The first-order chi connectivity index (χ1) is 10.9. The first kappa shape index (κ1) is 15.7. The van der Waals surface area contributed by atoms with Crippen molar-refractivity contribution in [2.24, 2.45) is 0 Å². The summed E-state index contributed by atoms with van der Waals surface area (Å²) in [5, 5.41) is 11.8. The van der Waals surface area contributed by atoms with Crippen molar-refractivity contribution in [2.75, 3.05) is 5.32 Å². The van der Waals surface area contributed by atoms with Crippen molar-refractivity contribution >= 4 is 33.8 Å². The van der Waals surface area contributed by atoms with E-state index in [4.69, 9.17) is 11.6 Å². The van der Waals surface area contributed by atoms with Gasteiger partial charge in [-0.25, -0.2) is 0 Å². The number of hydrogen-bond acceptors (Lipinski definition) is 5. The van der Waals surface area contributed by atoms with Crippen LogP contribution < -0.4 is 5.32 Å². The lowest BCUT2D eigenvalue weighted by Crippen LogP contribution is -2.05. The molecule has 118 valence electrons. The van der Waals surface area contributed by atoms with E-state index in [2.05, 4.69) is 20.5 Å². The SMILES string of the molecule is FC(F)(F)c1ccc(Cl)c(Nc2nnc(-c3ccncc3)s2)c1. The van der Waals surface area contributed by atoms with Crippen molar-refractivity contribution < 1.29 is 13.2 Å². The lowest BCUT2D eigenvalue weighted by molar-refractivity contribution is -0.137. The Morgan fingerprint density at radius 3 is 2.48 bits per heavy atom. The lowest BCUT2D eigenvalue weighted by Gasteiger charge is -2.10. The minimum Gasteiger partial charge on any atom is -0.329 e. The van der Waals surface area contributed by atoms with Gasteiger partial charge in [0.15, 0.2) is 0 Å². The van der Waals surface area contributed by atoms with E-state index in [1.807, 2.05) is 0 Å². The van der Waals surface area contributed by atoms with Gasteiger partial charge in [-0.15, -0.1) is 10.2 Å². The summed E-state index contributed by atoms with van der Waals surface area (Å²) in [4.78, 5) is 3.91. The van der Waals surface area contributed by atoms with Gasteiger partial charge in [-0.05, 0) is 30.3 Å². The van der Waals surface area contributed by atoms with E-state index in [-0.39, 0.29) is 10.7 Å². The molecule has 0 atom stereocenters. The summed E-state index contributed by atoms with van der Waals surface area (Å²) < 4.78 is 38.3. The third kappa shape index (κ3) is 3.59. The fraction of sp³-hybridized carbons (Fsp3) is 0.0714. The number of aromatic nitrogens is 3. The molecule has 1 aromatic carbocycles. The zero-order valence-electron chi connectivity index (χ0n) is 11.3. The summed E-state index contributed by atoms with van der Waals surface area (Å²) in [6, 6.07) is 6.59. The van der Waals surface area contributed by atoms with Gasteiger partial charge in [0.25, 0.3) is 0 Å². The minimum absolute atomic E-state index is 0.124. The summed E-state index contributed by atoms with van der Waals surface area (Å²) in [5.74, 6) is 0. The Labute approximate surface area is 138 Å². The molecular formula is C14H8ClF3N4S. The Balaban J connectivity index is 1.87. The summed E-state index contributed by atoms with van der Waals surface area (Å²) >= 11 is 7.14. The van der Waals surface area contributed by atoms with E-state index in [0.717, 1.165) is 17.7 Å². The smallest absolute Gasteiger partial charge is 0.329 e. The molecule has 0 saturated heterocycles. The van der Waals surface area contributed by atoms with Gasteiger partial charge in [-0.2, -0.15) is 13.2 Å². The van der Waals surface area contributed by atoms with Crippen LogP contribution in [0.15, 0.2) is 42.7 Å². The molecule has 1 N–H and O–H groups in total. The van der Waals surface area contributed by atoms with E-state index < -0.39 is 11.7 Å². The van der Waals surface area contributed by atoms with Gasteiger partial charge < -0.3 is 5.32 Å². The fourth-order valence-corrected chi connectivity index (χ4v) is 2.72. The Hall–Kier alpha value is -2.19. The molecule has 0 unspecified atom stereocenters. The molecule has 23 heavy (non-hydrogen) atoms. The number of benzene rings is 1. The van der Waals surface area contributed by atoms with Crippen LogP contribution in [0.2, 0.25) is 5.02 Å². The van der Waals surface area contributed by atoms with E-state index in [0.29, 0.717) is 10.1 Å². The van der Waals surface area contributed by atoms with Crippen LogP contribution in [0.1, 0.15) is 5.56 Å². The monoisotopic (exact) mass is 356 g/mol. The van der Waals surface area contributed by atoms with Crippen LogP contribution in [-0.4, -0.2) is 15.2 Å². The highest BCUT2D eigenvalue weighted by Gasteiger charge is 2.31. The molecule has 0 amide bonds. The summed E-state index contributed by atoms with van der Waals surface area (Å²) in [5.41, 5.74) is 0.155. The lowest BCUT2D eigenvalue weighted by atomic mass is 10.2. The van der Waals surface area contributed by atoms with Crippen LogP contribution in [0.4, 0.5) is 24.0 Å². The number of halogens is 4. The minimum atomic E-state index is -4.44. The van der Waals surface area contributed by atoms with Gasteiger partial charge in [0, 0.05) is 18.0 Å². The average molecular weight is 357 g/mol. The molecule has 9 heteroatoms. The van der Waals surface area contributed by atoms with Crippen molar-refractivity contribution in [1.82, 2.24) is 15.2 Å². The molecule has 0 saturated carbocycles. The molecule has 3 rings (SSSR count). The van der Waals surface area contributed by atoms with E-state index in [1.54, 1.807) is 24.5 Å². The third-order valence-electron chi connectivity index (χ3n) is 2.89. The second-order valence-electron chi connectivity index (χ2n) is 4.47. The molecular weight excluding hydrogens is 349 g/mol. The molecule has 0 aliphatic rings. The zero-order chi connectivity index (χ0) is 16.4. The standard InChI is InChI=1S/C14H8ClF3N4S/c15-10-2-1-9(14(16,17)18)7-11(10)20-13-22-21-12(23-13)8-3-5-19-6-4-8/h1-7H,(H,20,22). The van der Waals surface area contributed by atoms with Crippen molar-refractivity contribution in [3.63, 3.8) is 0 Å². The summed E-state index contributed by atoms with van der Waals surface area (Å²) in [7, 11) is 0. The topological polar surface area (TPSA) is 50.7 Å². The molecule has 0 aliphatic heterocycles. The second-order valence-corrected chi connectivity index (χ2v) is 5.85. The van der Waals surface area contributed by atoms with Gasteiger partial charge in [0.1, 0.15) is 5.01 Å². The quantitative estimate of drug-likeness (QED) is 0.716. The first-order valence-corrected chi connectivity index (χ1v) is 7.50. The van der Waals surface area contributed by atoms with Crippen LogP contribution in [0.3, 0.4) is 0 Å². The molecule has 0 radical (unpaired) electrons. The fourth-order valence-electron chi connectivity index (χ4n) is 1.80. The highest BCUT2D eigenvalue weighted by molar-refractivity contribution is 7.18. The molecule has 3 aromatic rings. The third-order valence-corrected chi connectivity index (χ3v) is 4.10. The number of hydrogen-bond donors (Lipinski definition) is 1. The number of anilines is 2. The predicted octanol–water partition coefficient (Wildman–Crippen LogP) is 5.02. The number of nitrogens with one attached hydrogen (secondary N) is 1. The van der Waals surface area contributed by atoms with Crippen LogP contribution >= 0.6 is 22.9 Å². The number of rotatable bonds is 3. The maximum atomic E-state index is 12.8. The number of alkyl halides is 3. The molecule has 2 heterocycles. The maximum Gasteiger partial charge on any atom is 0.416 e. The van der Waals surface area contributed by atoms with E-state index in [9.17, 15) is 13.2 Å². The highest BCUT2D eigenvalue weighted by Crippen LogP contribution is 2.36. The van der Waals surface area contributed by atoms with Gasteiger partial charge in [0.2, 0.25) is 5.13 Å². The highest BCUT2D eigenvalue weighted by atomic mass is 35.5. The molecule has 0 bridgehead atoms. The number of pyridine rings is 1. The van der Waals surface area contributed by atoms with Crippen LogP contribution in [-0.2, 0) is 6.18 Å². The van der Waals surface area contributed by atoms with Gasteiger partial charge >= 0.3 is 6.18 Å². The number of nitrogens with zero attached hydrogens (tertiary/aromatic N) is 3. The Morgan fingerprint density at radius 1 is 1.04 bits per heavy atom. The zero-order valence-corrected chi connectivity index (χ0v) is 12.9.